The number of rotatable bonds is 14. The first-order valence-corrected chi connectivity index (χ1v) is 16.3. The first-order valence-electron chi connectivity index (χ1n) is 13.8. The number of carbonyl (C=O) groups excluding carboxylic acids is 1. The van der Waals surface area contributed by atoms with E-state index in [4.69, 9.17) is 19.6 Å². The van der Waals surface area contributed by atoms with Crippen molar-refractivity contribution in [3.63, 3.8) is 0 Å². The summed E-state index contributed by atoms with van der Waals surface area (Å²) in [6, 6.07) is 22.6. The Balaban J connectivity index is 1.75. The Labute approximate surface area is 255 Å². The van der Waals surface area contributed by atoms with Crippen molar-refractivity contribution in [2.75, 3.05) is 25.5 Å². The van der Waals surface area contributed by atoms with Crippen LogP contribution in [-0.2, 0) is 19.4 Å². The molecule has 9 nitrogen and oxygen atoms in total. The van der Waals surface area contributed by atoms with E-state index in [0.29, 0.717) is 40.9 Å². The topological polar surface area (TPSA) is 126 Å². The summed E-state index contributed by atoms with van der Waals surface area (Å²) in [4.78, 5) is 19.1. The van der Waals surface area contributed by atoms with Crippen LogP contribution in [0, 0.1) is 5.92 Å². The van der Waals surface area contributed by atoms with Gasteiger partial charge in [-0.1, -0.05) is 66.2 Å². The lowest BCUT2D eigenvalue weighted by Crippen LogP contribution is -2.54. The molecule has 11 heteroatoms. The summed E-state index contributed by atoms with van der Waals surface area (Å²) >= 11 is 3.59. The number of aliphatic hydroxyl groups excluding tert-OH is 1. The van der Waals surface area contributed by atoms with Crippen molar-refractivity contribution in [1.29, 1.82) is 0 Å². The number of halogens is 1. The average molecular weight is 659 g/mol. The van der Waals surface area contributed by atoms with Crippen molar-refractivity contribution in [2.45, 2.75) is 43.2 Å². The molecule has 1 aliphatic rings. The summed E-state index contributed by atoms with van der Waals surface area (Å²) in [7, 11) is -3.74. The van der Waals surface area contributed by atoms with Crippen molar-refractivity contribution < 1.29 is 27.8 Å². The molecule has 0 radical (unpaired) electrons. The molecule has 1 heterocycles. The molecule has 3 aromatic carbocycles. The Morgan fingerprint density at radius 3 is 2.43 bits per heavy atom. The van der Waals surface area contributed by atoms with Gasteiger partial charge in [0.15, 0.2) is 21.5 Å². The van der Waals surface area contributed by atoms with E-state index in [1.165, 1.54) is 0 Å². The van der Waals surface area contributed by atoms with Crippen molar-refractivity contribution >= 4 is 37.6 Å². The van der Waals surface area contributed by atoms with Gasteiger partial charge in [-0.15, -0.1) is 0 Å². The maximum Gasteiger partial charge on any atom is 0.266 e. The van der Waals surface area contributed by atoms with Gasteiger partial charge in [-0.2, -0.15) is 0 Å². The average Bonchev–Trinajstić information content (AvgIpc) is 3.38. The van der Waals surface area contributed by atoms with Crippen LogP contribution in [0.1, 0.15) is 43.9 Å². The van der Waals surface area contributed by atoms with Crippen LogP contribution in [0.3, 0.4) is 0 Å². The zero-order valence-electron chi connectivity index (χ0n) is 23.6. The molecule has 0 aromatic heterocycles. The second kappa shape index (κ2) is 14.3. The van der Waals surface area contributed by atoms with E-state index in [0.717, 1.165) is 0 Å². The number of benzene rings is 3. The molecule has 0 unspecified atom stereocenters. The lowest BCUT2D eigenvalue weighted by Gasteiger charge is -2.31. The van der Waals surface area contributed by atoms with Crippen LogP contribution in [0.15, 0.2) is 93.2 Å². The molecule has 3 aromatic rings. The summed E-state index contributed by atoms with van der Waals surface area (Å²) in [5, 5.41) is 9.01. The number of hydrogen-bond donors (Lipinski definition) is 3. The van der Waals surface area contributed by atoms with Crippen LogP contribution in [0.25, 0.3) is 0 Å². The third kappa shape index (κ3) is 7.57. The zero-order chi connectivity index (χ0) is 30.2. The molecule has 0 spiro atoms. The SMILES string of the molecule is CC(C)CNNC(=O)[C@@]1(CCS(=O)(=O)c2ccccc2)N=C(c2ccc(OCCCO)cc2)O[C@H]1c1ccccc1Br. The van der Waals surface area contributed by atoms with Crippen LogP contribution < -0.4 is 15.6 Å². The fraction of sp³-hybridized carbons (Fsp3) is 0.355. The minimum Gasteiger partial charge on any atom is -0.494 e. The monoisotopic (exact) mass is 657 g/mol. The number of aliphatic imine (C=N–C) groups is 1. The summed E-state index contributed by atoms with van der Waals surface area (Å²) in [6.07, 6.45) is -0.535. The van der Waals surface area contributed by atoms with E-state index in [1.807, 2.05) is 38.1 Å². The highest BCUT2D eigenvalue weighted by Crippen LogP contribution is 2.45. The maximum atomic E-state index is 14.1. The largest absolute Gasteiger partial charge is 0.494 e. The quantitative estimate of drug-likeness (QED) is 0.171. The van der Waals surface area contributed by atoms with Gasteiger partial charge in [-0.25, -0.2) is 18.8 Å². The molecule has 42 heavy (non-hydrogen) atoms. The molecule has 4 rings (SSSR count). The Bertz CT molecular complexity index is 1480. The number of aliphatic hydroxyl groups is 1. The summed E-state index contributed by atoms with van der Waals surface area (Å²) in [6.45, 7) is 4.95. The van der Waals surface area contributed by atoms with E-state index >= 15 is 0 Å². The Kier molecular flexibility index (Phi) is 10.8. The predicted octanol–water partition coefficient (Wildman–Crippen LogP) is 4.61. The summed E-state index contributed by atoms with van der Waals surface area (Å²) in [5.41, 5.74) is 5.41. The highest BCUT2D eigenvalue weighted by molar-refractivity contribution is 9.10. The lowest BCUT2D eigenvalue weighted by atomic mass is 9.85. The Morgan fingerprint density at radius 1 is 1.07 bits per heavy atom. The predicted molar refractivity (Wildman–Crippen MR) is 165 cm³/mol. The number of sulfone groups is 1. The first kappa shape index (κ1) is 31.7. The standard InChI is InChI=1S/C31H36BrN3O6S/c1-22(2)21-33-35-30(37)31(17-20-42(38,39)25-9-4-3-5-10-25)28(26-11-6-7-12-27(26)32)41-29(34-31)23-13-15-24(16-14-23)40-19-8-18-36/h3-7,9-16,22,28,33,36H,8,17-21H2,1-2H3,(H,35,37)/t28-,31-/m0/s1. The normalized spacial score (nSPS) is 18.4. The molecule has 0 saturated carbocycles. The Hall–Kier alpha value is -3.25. The fourth-order valence-corrected chi connectivity index (χ4v) is 6.39. The highest BCUT2D eigenvalue weighted by atomic mass is 79.9. The number of nitrogens with zero attached hydrogens (tertiary/aromatic N) is 1. The molecule has 224 valence electrons. The van der Waals surface area contributed by atoms with Crippen LogP contribution in [0.2, 0.25) is 0 Å². The minimum absolute atomic E-state index is 0.0370. The molecule has 0 fully saturated rings. The van der Waals surface area contributed by atoms with Crippen LogP contribution in [-0.4, -0.2) is 56.4 Å². The molecule has 0 saturated heterocycles. The number of amides is 1. The van der Waals surface area contributed by atoms with Gasteiger partial charge in [0.05, 0.1) is 17.3 Å². The second-order valence-electron chi connectivity index (χ2n) is 10.4. The van der Waals surface area contributed by atoms with E-state index in [2.05, 4.69) is 26.8 Å². The van der Waals surface area contributed by atoms with Crippen molar-refractivity contribution in [2.24, 2.45) is 10.9 Å². The van der Waals surface area contributed by atoms with Gasteiger partial charge in [-0.05, 0) is 48.4 Å². The minimum atomic E-state index is -3.74. The smallest absolute Gasteiger partial charge is 0.266 e. The van der Waals surface area contributed by atoms with Gasteiger partial charge in [0.1, 0.15) is 5.75 Å². The van der Waals surface area contributed by atoms with E-state index in [9.17, 15) is 13.2 Å². The Morgan fingerprint density at radius 2 is 1.76 bits per heavy atom. The third-order valence-corrected chi connectivity index (χ3v) is 9.24. The number of ether oxygens (including phenoxy) is 2. The number of hydrazine groups is 1. The van der Waals surface area contributed by atoms with Crippen molar-refractivity contribution in [1.82, 2.24) is 10.9 Å². The molecular weight excluding hydrogens is 622 g/mol. The number of carbonyl (C=O) groups is 1. The van der Waals surface area contributed by atoms with Crippen LogP contribution >= 0.6 is 15.9 Å². The number of nitrogens with one attached hydrogen (secondary N) is 2. The van der Waals surface area contributed by atoms with Crippen molar-refractivity contribution in [3.8, 4) is 5.75 Å². The van der Waals surface area contributed by atoms with Crippen LogP contribution in [0.4, 0.5) is 0 Å². The van der Waals surface area contributed by atoms with E-state index in [1.54, 1.807) is 54.6 Å². The molecule has 1 amide bonds. The zero-order valence-corrected chi connectivity index (χ0v) is 26.0. The molecule has 0 aliphatic carbocycles. The van der Waals surface area contributed by atoms with Crippen LogP contribution in [0.5, 0.6) is 5.75 Å². The van der Waals surface area contributed by atoms with Gasteiger partial charge >= 0.3 is 0 Å². The molecule has 2 atom stereocenters. The maximum absolute atomic E-state index is 14.1. The van der Waals surface area contributed by atoms with Gasteiger partial charge < -0.3 is 14.6 Å². The molecule has 0 bridgehead atoms. The number of hydrogen-bond acceptors (Lipinski definition) is 8. The lowest BCUT2D eigenvalue weighted by molar-refractivity contribution is -0.130. The summed E-state index contributed by atoms with van der Waals surface area (Å²) in [5.74, 6) is 0.271. The van der Waals surface area contributed by atoms with Gasteiger partial charge in [0.25, 0.3) is 5.91 Å². The van der Waals surface area contributed by atoms with Crippen molar-refractivity contribution in [3.05, 3.63) is 94.5 Å². The first-order chi connectivity index (χ1) is 20.2. The van der Waals surface area contributed by atoms with E-state index in [-0.39, 0.29) is 35.5 Å². The third-order valence-electron chi connectivity index (χ3n) is 6.78. The molecular formula is C31H36BrN3O6S. The van der Waals surface area contributed by atoms with E-state index < -0.39 is 27.4 Å². The van der Waals surface area contributed by atoms with Gasteiger partial charge in [-0.3, -0.25) is 10.2 Å². The van der Waals surface area contributed by atoms with Gasteiger partial charge in [0.2, 0.25) is 5.90 Å². The highest BCUT2D eigenvalue weighted by Gasteiger charge is 2.54. The fourth-order valence-electron chi connectivity index (χ4n) is 4.51. The summed E-state index contributed by atoms with van der Waals surface area (Å²) < 4.78 is 39.6. The second-order valence-corrected chi connectivity index (χ2v) is 13.4. The molecule has 3 N–H and O–H groups in total. The van der Waals surface area contributed by atoms with Gasteiger partial charge in [0, 0.05) is 41.6 Å². The molecule has 1 aliphatic heterocycles.